The Kier molecular flexibility index (Phi) is 5.64. The van der Waals surface area contributed by atoms with Crippen LogP contribution >= 0.6 is 0 Å². The second-order valence-corrected chi connectivity index (χ2v) is 4.53. The summed E-state index contributed by atoms with van der Waals surface area (Å²) in [6, 6.07) is 16.6. The van der Waals surface area contributed by atoms with Gasteiger partial charge in [0.25, 0.3) is 5.91 Å². The molecule has 4 nitrogen and oxygen atoms in total. The van der Waals surface area contributed by atoms with E-state index in [4.69, 9.17) is 9.47 Å². The van der Waals surface area contributed by atoms with Gasteiger partial charge in [-0.2, -0.15) is 0 Å². The van der Waals surface area contributed by atoms with Gasteiger partial charge in [-0.3, -0.25) is 4.79 Å². The fourth-order valence-electron chi connectivity index (χ4n) is 1.74. The average molecular weight is 285 g/mol. The Morgan fingerprint density at radius 2 is 1.71 bits per heavy atom. The van der Waals surface area contributed by atoms with Gasteiger partial charge in [0.1, 0.15) is 11.5 Å². The summed E-state index contributed by atoms with van der Waals surface area (Å²) in [5.41, 5.74) is 0.756. The number of hydrogen-bond donors (Lipinski definition) is 1. The van der Waals surface area contributed by atoms with Crippen LogP contribution in [-0.4, -0.2) is 19.1 Å². The molecule has 0 aliphatic heterocycles. The van der Waals surface area contributed by atoms with Gasteiger partial charge in [-0.05, 0) is 30.7 Å². The molecular weight excluding hydrogens is 266 g/mol. The number of carbonyl (C=O) groups is 1. The molecule has 0 saturated heterocycles. The van der Waals surface area contributed by atoms with Crippen molar-refractivity contribution in [2.75, 3.05) is 18.5 Å². The fraction of sp³-hybridized carbons (Fsp3) is 0.235. The van der Waals surface area contributed by atoms with Crippen LogP contribution in [0.15, 0.2) is 54.6 Å². The Hall–Kier alpha value is -2.49. The van der Waals surface area contributed by atoms with Crippen molar-refractivity contribution in [1.82, 2.24) is 0 Å². The SMILES string of the molecule is CCCOc1cccc(OCC(=O)Nc2ccccc2)c1. The zero-order valence-electron chi connectivity index (χ0n) is 12.0. The van der Waals surface area contributed by atoms with Crippen LogP contribution in [-0.2, 0) is 4.79 Å². The summed E-state index contributed by atoms with van der Waals surface area (Å²) in [5, 5.41) is 2.77. The Bertz CT molecular complexity index is 569. The van der Waals surface area contributed by atoms with Crippen molar-refractivity contribution in [2.45, 2.75) is 13.3 Å². The van der Waals surface area contributed by atoms with Crippen molar-refractivity contribution in [3.63, 3.8) is 0 Å². The van der Waals surface area contributed by atoms with Crippen LogP contribution in [0.3, 0.4) is 0 Å². The summed E-state index contributed by atoms with van der Waals surface area (Å²) in [6.07, 6.45) is 0.949. The van der Waals surface area contributed by atoms with Crippen LogP contribution in [0.5, 0.6) is 11.5 Å². The van der Waals surface area contributed by atoms with E-state index in [1.54, 1.807) is 12.1 Å². The third-order valence-electron chi connectivity index (χ3n) is 2.71. The molecule has 0 unspecified atom stereocenters. The summed E-state index contributed by atoms with van der Waals surface area (Å²) < 4.78 is 11.0. The number of anilines is 1. The molecule has 2 aromatic rings. The zero-order valence-corrected chi connectivity index (χ0v) is 12.0. The lowest BCUT2D eigenvalue weighted by atomic mass is 10.3. The van der Waals surface area contributed by atoms with Gasteiger partial charge in [0.2, 0.25) is 0 Å². The molecule has 0 aromatic heterocycles. The number of para-hydroxylation sites is 1. The van der Waals surface area contributed by atoms with E-state index in [2.05, 4.69) is 5.32 Å². The maximum atomic E-state index is 11.8. The number of carbonyl (C=O) groups excluding carboxylic acids is 1. The van der Waals surface area contributed by atoms with Crippen molar-refractivity contribution in [3.8, 4) is 11.5 Å². The fourth-order valence-corrected chi connectivity index (χ4v) is 1.74. The molecule has 0 bridgehead atoms. The minimum atomic E-state index is -0.193. The van der Waals surface area contributed by atoms with E-state index in [0.29, 0.717) is 12.4 Å². The molecule has 1 amide bonds. The first-order valence-electron chi connectivity index (χ1n) is 6.98. The lowest BCUT2D eigenvalue weighted by molar-refractivity contribution is -0.118. The van der Waals surface area contributed by atoms with E-state index < -0.39 is 0 Å². The van der Waals surface area contributed by atoms with Gasteiger partial charge in [0.05, 0.1) is 6.61 Å². The zero-order chi connectivity index (χ0) is 14.9. The normalized spacial score (nSPS) is 9.95. The summed E-state index contributed by atoms with van der Waals surface area (Å²) in [7, 11) is 0. The Morgan fingerprint density at radius 3 is 2.43 bits per heavy atom. The van der Waals surface area contributed by atoms with Crippen LogP contribution < -0.4 is 14.8 Å². The monoisotopic (exact) mass is 285 g/mol. The first-order valence-corrected chi connectivity index (χ1v) is 6.98. The standard InChI is InChI=1S/C17H19NO3/c1-2-11-20-15-9-6-10-16(12-15)21-13-17(19)18-14-7-4-3-5-8-14/h3-10,12H,2,11,13H2,1H3,(H,18,19). The van der Waals surface area contributed by atoms with E-state index in [9.17, 15) is 4.79 Å². The highest BCUT2D eigenvalue weighted by Crippen LogP contribution is 2.19. The molecule has 21 heavy (non-hydrogen) atoms. The molecule has 0 atom stereocenters. The van der Waals surface area contributed by atoms with Crippen LogP contribution in [0, 0.1) is 0 Å². The highest BCUT2D eigenvalue weighted by molar-refractivity contribution is 5.91. The number of benzene rings is 2. The van der Waals surface area contributed by atoms with Crippen LogP contribution in [0.4, 0.5) is 5.69 Å². The molecule has 0 heterocycles. The number of amides is 1. The second kappa shape index (κ2) is 7.94. The predicted octanol–water partition coefficient (Wildman–Crippen LogP) is 3.49. The van der Waals surface area contributed by atoms with Crippen LogP contribution in [0.25, 0.3) is 0 Å². The molecule has 0 fully saturated rings. The quantitative estimate of drug-likeness (QED) is 0.847. The lowest BCUT2D eigenvalue weighted by Gasteiger charge is -2.09. The Morgan fingerprint density at radius 1 is 1.00 bits per heavy atom. The smallest absolute Gasteiger partial charge is 0.262 e. The van der Waals surface area contributed by atoms with Crippen molar-refractivity contribution in [1.29, 1.82) is 0 Å². The molecule has 110 valence electrons. The summed E-state index contributed by atoms with van der Waals surface area (Å²) >= 11 is 0. The van der Waals surface area contributed by atoms with Gasteiger partial charge in [0.15, 0.2) is 6.61 Å². The Balaban J connectivity index is 1.83. The van der Waals surface area contributed by atoms with Crippen molar-refractivity contribution >= 4 is 11.6 Å². The van der Waals surface area contributed by atoms with E-state index >= 15 is 0 Å². The highest BCUT2D eigenvalue weighted by Gasteiger charge is 2.04. The molecule has 0 radical (unpaired) electrons. The third kappa shape index (κ3) is 5.18. The van der Waals surface area contributed by atoms with Gasteiger partial charge < -0.3 is 14.8 Å². The summed E-state index contributed by atoms with van der Waals surface area (Å²) in [4.78, 5) is 11.8. The van der Waals surface area contributed by atoms with E-state index in [0.717, 1.165) is 17.9 Å². The molecule has 4 heteroatoms. The first-order chi connectivity index (χ1) is 10.3. The van der Waals surface area contributed by atoms with E-state index in [1.165, 1.54) is 0 Å². The number of hydrogen-bond acceptors (Lipinski definition) is 3. The largest absolute Gasteiger partial charge is 0.493 e. The molecule has 0 aliphatic carbocycles. The molecule has 0 aliphatic rings. The maximum Gasteiger partial charge on any atom is 0.262 e. The Labute approximate surface area is 124 Å². The van der Waals surface area contributed by atoms with Gasteiger partial charge >= 0.3 is 0 Å². The molecule has 2 aromatic carbocycles. The molecule has 0 saturated carbocycles. The van der Waals surface area contributed by atoms with Crippen molar-refractivity contribution in [3.05, 3.63) is 54.6 Å². The number of nitrogens with one attached hydrogen (secondary N) is 1. The third-order valence-corrected chi connectivity index (χ3v) is 2.71. The van der Waals surface area contributed by atoms with Crippen LogP contribution in [0.2, 0.25) is 0 Å². The van der Waals surface area contributed by atoms with Gasteiger partial charge in [-0.15, -0.1) is 0 Å². The predicted molar refractivity (Wildman–Crippen MR) is 82.8 cm³/mol. The molecule has 2 rings (SSSR count). The van der Waals surface area contributed by atoms with Crippen LogP contribution in [0.1, 0.15) is 13.3 Å². The first kappa shape index (κ1) is 14.9. The van der Waals surface area contributed by atoms with E-state index in [-0.39, 0.29) is 12.5 Å². The lowest BCUT2D eigenvalue weighted by Crippen LogP contribution is -2.20. The second-order valence-electron chi connectivity index (χ2n) is 4.53. The summed E-state index contributed by atoms with van der Waals surface area (Å²) in [5.74, 6) is 1.17. The highest BCUT2D eigenvalue weighted by atomic mass is 16.5. The van der Waals surface area contributed by atoms with Crippen molar-refractivity contribution < 1.29 is 14.3 Å². The minimum Gasteiger partial charge on any atom is -0.493 e. The van der Waals surface area contributed by atoms with Gasteiger partial charge in [-0.1, -0.05) is 31.2 Å². The number of ether oxygens (including phenoxy) is 2. The maximum absolute atomic E-state index is 11.8. The summed E-state index contributed by atoms with van der Waals surface area (Å²) in [6.45, 7) is 2.68. The molecule has 0 spiro atoms. The van der Waals surface area contributed by atoms with E-state index in [1.807, 2.05) is 49.4 Å². The van der Waals surface area contributed by atoms with Gasteiger partial charge in [-0.25, -0.2) is 0 Å². The number of rotatable bonds is 7. The minimum absolute atomic E-state index is 0.0356. The van der Waals surface area contributed by atoms with Crippen molar-refractivity contribution in [2.24, 2.45) is 0 Å². The van der Waals surface area contributed by atoms with Gasteiger partial charge in [0, 0.05) is 11.8 Å². The molecule has 1 N–H and O–H groups in total. The average Bonchev–Trinajstić information content (AvgIpc) is 2.52. The topological polar surface area (TPSA) is 47.6 Å². The molecular formula is C17H19NO3.